The summed E-state index contributed by atoms with van der Waals surface area (Å²) in [5.74, 6) is 1.06. The van der Waals surface area contributed by atoms with Crippen LogP contribution in [-0.4, -0.2) is 31.2 Å². The number of halogens is 1. The summed E-state index contributed by atoms with van der Waals surface area (Å²) >= 11 is 6.18. The summed E-state index contributed by atoms with van der Waals surface area (Å²) < 4.78 is 16.8. The van der Waals surface area contributed by atoms with Crippen molar-refractivity contribution >= 4 is 17.6 Å². The molecule has 192 valence electrons. The first-order chi connectivity index (χ1) is 17.0. The van der Waals surface area contributed by atoms with E-state index in [1.807, 2.05) is 56.3 Å². The van der Waals surface area contributed by atoms with E-state index in [1.54, 1.807) is 12.1 Å². The molecule has 35 heavy (non-hydrogen) atoms. The van der Waals surface area contributed by atoms with Crippen molar-refractivity contribution in [2.45, 2.75) is 70.6 Å². The molecule has 2 atom stereocenters. The molecule has 0 bridgehead atoms. The summed E-state index contributed by atoms with van der Waals surface area (Å²) in [4.78, 5) is 12.2. The predicted molar refractivity (Wildman–Crippen MR) is 145 cm³/mol. The van der Waals surface area contributed by atoms with Gasteiger partial charge in [-0.1, -0.05) is 76.3 Å². The van der Waals surface area contributed by atoms with Crippen molar-refractivity contribution in [1.82, 2.24) is 0 Å². The zero-order valence-corrected chi connectivity index (χ0v) is 22.1. The van der Waals surface area contributed by atoms with Crippen LogP contribution in [0.25, 0.3) is 11.1 Å². The maximum atomic E-state index is 12.2. The van der Waals surface area contributed by atoms with Gasteiger partial charge in [0.05, 0.1) is 6.61 Å². The van der Waals surface area contributed by atoms with Gasteiger partial charge in [-0.15, -0.1) is 18.2 Å². The SMILES string of the molecule is C=CCCOCCCCCCCCOc1ccc(-c2ccc(OC(=O)C(Cl)C(C)CC)cc2)cc1. The summed E-state index contributed by atoms with van der Waals surface area (Å²) in [6.45, 7) is 10.0. The third-order valence-electron chi connectivity index (χ3n) is 6.05. The molecule has 0 aliphatic heterocycles. The molecule has 2 unspecified atom stereocenters. The van der Waals surface area contributed by atoms with E-state index in [2.05, 4.69) is 6.58 Å². The predicted octanol–water partition coefficient (Wildman–Crippen LogP) is 8.22. The highest BCUT2D eigenvalue weighted by Crippen LogP contribution is 2.26. The Bertz CT molecular complexity index is 848. The van der Waals surface area contributed by atoms with Crippen LogP contribution in [0.1, 0.15) is 65.2 Å². The largest absolute Gasteiger partial charge is 0.494 e. The second kappa shape index (κ2) is 17.2. The van der Waals surface area contributed by atoms with Crippen LogP contribution in [0.3, 0.4) is 0 Å². The van der Waals surface area contributed by atoms with E-state index in [1.165, 1.54) is 25.7 Å². The van der Waals surface area contributed by atoms with Crippen LogP contribution in [0.15, 0.2) is 61.2 Å². The highest BCUT2D eigenvalue weighted by atomic mass is 35.5. The molecule has 4 nitrogen and oxygen atoms in total. The number of carbonyl (C=O) groups is 1. The Labute approximate surface area is 216 Å². The first-order valence-electron chi connectivity index (χ1n) is 12.9. The van der Waals surface area contributed by atoms with Gasteiger partial charge in [-0.2, -0.15) is 0 Å². The van der Waals surface area contributed by atoms with Crippen LogP contribution in [0.5, 0.6) is 11.5 Å². The van der Waals surface area contributed by atoms with Gasteiger partial charge in [0.25, 0.3) is 0 Å². The van der Waals surface area contributed by atoms with Crippen molar-refractivity contribution < 1.29 is 19.0 Å². The van der Waals surface area contributed by atoms with E-state index >= 15 is 0 Å². The number of rotatable bonds is 18. The molecule has 0 saturated carbocycles. The Morgan fingerprint density at radius 2 is 1.40 bits per heavy atom. The number of ether oxygens (including phenoxy) is 3. The van der Waals surface area contributed by atoms with Crippen molar-refractivity contribution in [2.24, 2.45) is 5.92 Å². The molecule has 0 aliphatic carbocycles. The second-order valence-corrected chi connectivity index (χ2v) is 9.39. The fourth-order valence-corrected chi connectivity index (χ4v) is 3.77. The smallest absolute Gasteiger partial charge is 0.329 e. The number of unbranched alkanes of at least 4 members (excludes halogenated alkanes) is 5. The number of alkyl halides is 1. The normalized spacial score (nSPS) is 12.7. The number of esters is 1. The van der Waals surface area contributed by atoms with Gasteiger partial charge < -0.3 is 14.2 Å². The van der Waals surface area contributed by atoms with Gasteiger partial charge in [-0.3, -0.25) is 4.79 Å². The molecule has 0 amide bonds. The van der Waals surface area contributed by atoms with Gasteiger partial charge in [-0.05, 0) is 60.6 Å². The van der Waals surface area contributed by atoms with E-state index in [0.717, 1.165) is 62.4 Å². The Morgan fingerprint density at radius 3 is 1.97 bits per heavy atom. The first-order valence-corrected chi connectivity index (χ1v) is 13.4. The van der Waals surface area contributed by atoms with Crippen molar-refractivity contribution in [1.29, 1.82) is 0 Å². The zero-order valence-electron chi connectivity index (χ0n) is 21.3. The molecule has 2 aromatic rings. The van der Waals surface area contributed by atoms with E-state index in [9.17, 15) is 4.79 Å². The van der Waals surface area contributed by atoms with E-state index in [4.69, 9.17) is 25.8 Å². The third-order valence-corrected chi connectivity index (χ3v) is 6.66. The lowest BCUT2D eigenvalue weighted by Gasteiger charge is -2.15. The minimum atomic E-state index is -0.634. The lowest BCUT2D eigenvalue weighted by molar-refractivity contribution is -0.134. The molecule has 0 radical (unpaired) electrons. The van der Waals surface area contributed by atoms with Crippen LogP contribution >= 0.6 is 11.6 Å². The van der Waals surface area contributed by atoms with Crippen molar-refractivity contribution in [3.05, 3.63) is 61.2 Å². The number of hydrogen-bond acceptors (Lipinski definition) is 4. The van der Waals surface area contributed by atoms with Crippen LogP contribution in [0.2, 0.25) is 0 Å². The molecule has 5 heteroatoms. The van der Waals surface area contributed by atoms with Gasteiger partial charge in [0.2, 0.25) is 0 Å². The molecule has 0 heterocycles. The monoisotopic (exact) mass is 500 g/mol. The maximum absolute atomic E-state index is 12.2. The van der Waals surface area contributed by atoms with Gasteiger partial charge in [0.1, 0.15) is 16.9 Å². The Morgan fingerprint density at radius 1 is 0.857 bits per heavy atom. The van der Waals surface area contributed by atoms with Crippen LogP contribution in [-0.2, 0) is 9.53 Å². The average molecular weight is 501 g/mol. The Kier molecular flexibility index (Phi) is 14.2. The lowest BCUT2D eigenvalue weighted by Crippen LogP contribution is -2.26. The van der Waals surface area contributed by atoms with Crippen molar-refractivity contribution in [2.75, 3.05) is 19.8 Å². The standard InChI is InChI=1S/C30H41ClO4/c1-4-6-21-33-22-11-9-7-8-10-12-23-34-27-17-13-25(14-18-27)26-15-19-28(20-16-26)35-30(32)29(31)24(3)5-2/h4,13-20,24,29H,1,5-12,21-23H2,2-3H3. The molecule has 0 aliphatic rings. The van der Waals surface area contributed by atoms with Gasteiger partial charge in [0.15, 0.2) is 0 Å². The molecule has 2 aromatic carbocycles. The number of carbonyl (C=O) groups excluding carboxylic acids is 1. The summed E-state index contributed by atoms with van der Waals surface area (Å²) in [7, 11) is 0. The maximum Gasteiger partial charge on any atom is 0.329 e. The van der Waals surface area contributed by atoms with E-state index in [-0.39, 0.29) is 5.92 Å². The molecular weight excluding hydrogens is 460 g/mol. The highest BCUT2D eigenvalue weighted by molar-refractivity contribution is 6.30. The van der Waals surface area contributed by atoms with Gasteiger partial charge in [-0.25, -0.2) is 0 Å². The summed E-state index contributed by atoms with van der Waals surface area (Å²) in [6, 6.07) is 15.6. The molecule has 0 N–H and O–H groups in total. The number of hydrogen-bond donors (Lipinski definition) is 0. The minimum Gasteiger partial charge on any atom is -0.494 e. The fourth-order valence-electron chi connectivity index (χ4n) is 3.54. The second-order valence-electron chi connectivity index (χ2n) is 8.92. The summed E-state index contributed by atoms with van der Waals surface area (Å²) in [5, 5.41) is -0.634. The van der Waals surface area contributed by atoms with Crippen LogP contribution < -0.4 is 9.47 Å². The Hall–Kier alpha value is -2.30. The van der Waals surface area contributed by atoms with Gasteiger partial charge in [0, 0.05) is 13.2 Å². The minimum absolute atomic E-state index is 0.0761. The summed E-state index contributed by atoms with van der Waals surface area (Å²) in [5.41, 5.74) is 2.13. The topological polar surface area (TPSA) is 44.8 Å². The molecule has 0 saturated heterocycles. The highest BCUT2D eigenvalue weighted by Gasteiger charge is 2.23. The van der Waals surface area contributed by atoms with Crippen LogP contribution in [0, 0.1) is 5.92 Å². The van der Waals surface area contributed by atoms with Crippen molar-refractivity contribution in [3.63, 3.8) is 0 Å². The molecule has 0 fully saturated rings. The quantitative estimate of drug-likeness (QED) is 0.0679. The zero-order chi connectivity index (χ0) is 25.3. The fraction of sp³-hybridized carbons (Fsp3) is 0.500. The lowest BCUT2D eigenvalue weighted by atomic mass is 10.0. The molecular formula is C30H41ClO4. The first kappa shape index (κ1) is 28.9. The van der Waals surface area contributed by atoms with Crippen molar-refractivity contribution in [3.8, 4) is 22.6 Å². The summed E-state index contributed by atoms with van der Waals surface area (Å²) in [6.07, 6.45) is 10.8. The van der Waals surface area contributed by atoms with Crippen LogP contribution in [0.4, 0.5) is 0 Å². The van der Waals surface area contributed by atoms with E-state index in [0.29, 0.717) is 5.75 Å². The third kappa shape index (κ3) is 11.3. The Balaban J connectivity index is 1.64. The van der Waals surface area contributed by atoms with Gasteiger partial charge >= 0.3 is 5.97 Å². The molecule has 0 spiro atoms. The molecule has 2 rings (SSSR count). The number of benzene rings is 2. The molecule has 0 aromatic heterocycles. The van der Waals surface area contributed by atoms with E-state index < -0.39 is 11.3 Å². The average Bonchev–Trinajstić information content (AvgIpc) is 2.89.